The number of hydrogen-bond donors (Lipinski definition) is 2. The van der Waals surface area contributed by atoms with E-state index in [1.807, 2.05) is 31.2 Å². The molecule has 2 N–H and O–H groups in total. The summed E-state index contributed by atoms with van der Waals surface area (Å²) >= 11 is 0. The Kier molecular flexibility index (Phi) is 5.54. The highest BCUT2D eigenvalue weighted by atomic mass is 16.4. The minimum absolute atomic E-state index is 0.0852. The molecule has 27 heavy (non-hydrogen) atoms. The van der Waals surface area contributed by atoms with Crippen LogP contribution in [0.1, 0.15) is 34.3 Å². The van der Waals surface area contributed by atoms with Crippen LogP contribution < -0.4 is 10.2 Å². The van der Waals surface area contributed by atoms with Crippen LogP contribution in [-0.2, 0) is 16.0 Å². The minimum atomic E-state index is -0.975. The molecule has 2 aromatic carbocycles. The highest BCUT2D eigenvalue weighted by Gasteiger charge is 2.33. The molecule has 2 aromatic rings. The average Bonchev–Trinajstić information content (AvgIpc) is 3.01. The Bertz CT molecular complexity index is 843. The van der Waals surface area contributed by atoms with Gasteiger partial charge in [0.2, 0.25) is 11.8 Å². The number of aryl methyl sites for hydroxylation is 2. The van der Waals surface area contributed by atoms with E-state index in [9.17, 15) is 14.4 Å². The molecule has 1 heterocycles. The minimum Gasteiger partial charge on any atom is -0.478 e. The van der Waals surface area contributed by atoms with Crippen molar-refractivity contribution in [3.8, 4) is 0 Å². The topological polar surface area (TPSA) is 86.7 Å². The Morgan fingerprint density at radius 3 is 2.41 bits per heavy atom. The molecule has 0 aliphatic carbocycles. The van der Waals surface area contributed by atoms with Crippen molar-refractivity contribution in [2.45, 2.75) is 32.2 Å². The number of carboxylic acid groups (broad SMARTS) is 1. The molecule has 1 atom stereocenters. The Labute approximate surface area is 157 Å². The first-order valence-corrected chi connectivity index (χ1v) is 8.93. The number of rotatable bonds is 6. The first-order chi connectivity index (χ1) is 12.9. The van der Waals surface area contributed by atoms with Gasteiger partial charge in [0.25, 0.3) is 0 Å². The molecule has 1 aliphatic rings. The lowest BCUT2D eigenvalue weighted by atomic mass is 10.1. The van der Waals surface area contributed by atoms with Crippen LogP contribution in [-0.4, -0.2) is 35.5 Å². The van der Waals surface area contributed by atoms with E-state index in [-0.39, 0.29) is 23.8 Å². The maximum atomic E-state index is 12.6. The fraction of sp³-hybridized carbons (Fsp3) is 0.286. The number of carboxylic acids is 1. The zero-order valence-corrected chi connectivity index (χ0v) is 15.1. The van der Waals surface area contributed by atoms with Crippen LogP contribution in [0.2, 0.25) is 0 Å². The largest absolute Gasteiger partial charge is 0.478 e. The van der Waals surface area contributed by atoms with Crippen LogP contribution in [0.4, 0.5) is 5.69 Å². The van der Waals surface area contributed by atoms with E-state index in [0.717, 1.165) is 16.8 Å². The monoisotopic (exact) mass is 366 g/mol. The summed E-state index contributed by atoms with van der Waals surface area (Å²) in [5.41, 5.74) is 3.08. The summed E-state index contributed by atoms with van der Waals surface area (Å²) in [7, 11) is 0. The zero-order valence-electron chi connectivity index (χ0n) is 15.1. The summed E-state index contributed by atoms with van der Waals surface area (Å²) in [5, 5.41) is 11.7. The van der Waals surface area contributed by atoms with Crippen molar-refractivity contribution in [3.05, 3.63) is 65.2 Å². The summed E-state index contributed by atoms with van der Waals surface area (Å²) in [4.78, 5) is 37.3. The molecular weight excluding hydrogens is 344 g/mol. The maximum absolute atomic E-state index is 12.6. The van der Waals surface area contributed by atoms with E-state index in [1.54, 1.807) is 17.0 Å². The molecule has 3 rings (SSSR count). The van der Waals surface area contributed by atoms with Crippen LogP contribution in [0.3, 0.4) is 0 Å². The number of benzene rings is 2. The Morgan fingerprint density at radius 2 is 1.78 bits per heavy atom. The van der Waals surface area contributed by atoms with E-state index in [0.29, 0.717) is 19.4 Å². The smallest absolute Gasteiger partial charge is 0.335 e. The fourth-order valence-corrected chi connectivity index (χ4v) is 3.13. The number of hydrogen-bond acceptors (Lipinski definition) is 3. The van der Waals surface area contributed by atoms with Gasteiger partial charge in [-0.1, -0.05) is 29.8 Å². The summed E-state index contributed by atoms with van der Waals surface area (Å²) in [6, 6.07) is 13.7. The number of nitrogens with one attached hydrogen (secondary N) is 1. The summed E-state index contributed by atoms with van der Waals surface area (Å²) in [6.45, 7) is 2.58. The molecule has 6 heteroatoms. The highest BCUT2D eigenvalue weighted by Crippen LogP contribution is 2.22. The first kappa shape index (κ1) is 18.6. The van der Waals surface area contributed by atoms with Crippen LogP contribution in [0, 0.1) is 6.92 Å². The van der Waals surface area contributed by atoms with Crippen molar-refractivity contribution in [1.82, 2.24) is 5.32 Å². The molecule has 1 unspecified atom stereocenters. The Balaban J connectivity index is 1.51. The summed E-state index contributed by atoms with van der Waals surface area (Å²) in [5.74, 6) is -1.24. The number of aromatic carboxylic acids is 1. The van der Waals surface area contributed by atoms with Gasteiger partial charge in [0.1, 0.15) is 6.04 Å². The van der Waals surface area contributed by atoms with Gasteiger partial charge in [-0.05, 0) is 49.6 Å². The number of anilines is 1. The number of amides is 2. The average molecular weight is 366 g/mol. The van der Waals surface area contributed by atoms with Crippen LogP contribution in [0.5, 0.6) is 0 Å². The maximum Gasteiger partial charge on any atom is 0.335 e. The Hall–Kier alpha value is -3.15. The molecular formula is C21H22N2O4. The molecule has 0 aromatic heterocycles. The standard InChI is InChI=1S/C21H22N2O4/c1-14-2-9-17(10-3-14)23-13-12-18(20(23)25)22-19(24)11-6-15-4-7-16(8-5-15)21(26)27/h2-5,7-10,18H,6,11-13H2,1H3,(H,22,24)(H,26,27). The van der Waals surface area contributed by atoms with E-state index in [2.05, 4.69) is 5.32 Å². The molecule has 140 valence electrons. The lowest BCUT2D eigenvalue weighted by Crippen LogP contribution is -2.41. The van der Waals surface area contributed by atoms with Gasteiger partial charge in [0.05, 0.1) is 5.56 Å². The second-order valence-electron chi connectivity index (χ2n) is 6.74. The molecule has 0 spiro atoms. The molecule has 0 radical (unpaired) electrons. The molecule has 1 aliphatic heterocycles. The quantitative estimate of drug-likeness (QED) is 0.823. The SMILES string of the molecule is Cc1ccc(N2CCC(NC(=O)CCc3ccc(C(=O)O)cc3)C2=O)cc1. The molecule has 6 nitrogen and oxygen atoms in total. The van der Waals surface area contributed by atoms with Crippen LogP contribution >= 0.6 is 0 Å². The predicted octanol–water partition coefficient (Wildman–Crippen LogP) is 2.55. The van der Waals surface area contributed by atoms with Crippen LogP contribution in [0.25, 0.3) is 0 Å². The van der Waals surface area contributed by atoms with Crippen LogP contribution in [0.15, 0.2) is 48.5 Å². The summed E-state index contributed by atoms with van der Waals surface area (Å²) in [6.07, 6.45) is 1.33. The third kappa shape index (κ3) is 4.53. The number of carbonyl (C=O) groups excluding carboxylic acids is 2. The van der Waals surface area contributed by atoms with Crippen molar-refractivity contribution in [1.29, 1.82) is 0 Å². The first-order valence-electron chi connectivity index (χ1n) is 8.93. The lowest BCUT2D eigenvalue weighted by molar-refractivity contribution is -0.126. The normalized spacial score (nSPS) is 16.4. The van der Waals surface area contributed by atoms with Gasteiger partial charge in [0.15, 0.2) is 0 Å². The van der Waals surface area contributed by atoms with E-state index < -0.39 is 12.0 Å². The van der Waals surface area contributed by atoms with Gasteiger partial charge in [0, 0.05) is 18.7 Å². The second kappa shape index (κ2) is 8.03. The third-order valence-corrected chi connectivity index (χ3v) is 4.73. The zero-order chi connectivity index (χ0) is 19.4. The van der Waals surface area contributed by atoms with Gasteiger partial charge >= 0.3 is 5.97 Å². The van der Waals surface area contributed by atoms with Crippen molar-refractivity contribution < 1.29 is 19.5 Å². The highest BCUT2D eigenvalue weighted by molar-refractivity contribution is 6.01. The molecule has 1 saturated heterocycles. The van der Waals surface area contributed by atoms with Gasteiger partial charge in [-0.2, -0.15) is 0 Å². The molecule has 0 bridgehead atoms. The summed E-state index contributed by atoms with van der Waals surface area (Å²) < 4.78 is 0. The van der Waals surface area contributed by atoms with E-state index >= 15 is 0 Å². The van der Waals surface area contributed by atoms with E-state index in [4.69, 9.17) is 5.11 Å². The Morgan fingerprint density at radius 1 is 1.11 bits per heavy atom. The predicted molar refractivity (Wildman–Crippen MR) is 102 cm³/mol. The fourth-order valence-electron chi connectivity index (χ4n) is 3.13. The van der Waals surface area contributed by atoms with Crippen molar-refractivity contribution >= 4 is 23.5 Å². The van der Waals surface area contributed by atoms with Crippen molar-refractivity contribution in [2.75, 3.05) is 11.4 Å². The lowest BCUT2D eigenvalue weighted by Gasteiger charge is -2.17. The van der Waals surface area contributed by atoms with E-state index in [1.165, 1.54) is 12.1 Å². The number of nitrogens with zero attached hydrogens (tertiary/aromatic N) is 1. The molecule has 1 fully saturated rings. The molecule has 0 saturated carbocycles. The van der Waals surface area contributed by atoms with Gasteiger partial charge in [-0.15, -0.1) is 0 Å². The molecule has 2 amide bonds. The second-order valence-corrected chi connectivity index (χ2v) is 6.74. The number of carbonyl (C=O) groups is 3. The third-order valence-electron chi connectivity index (χ3n) is 4.73. The van der Waals surface area contributed by atoms with Crippen molar-refractivity contribution in [2.24, 2.45) is 0 Å². The van der Waals surface area contributed by atoms with Gasteiger partial charge < -0.3 is 15.3 Å². The van der Waals surface area contributed by atoms with Gasteiger partial charge in [-0.3, -0.25) is 9.59 Å². The van der Waals surface area contributed by atoms with Gasteiger partial charge in [-0.25, -0.2) is 4.79 Å². The van der Waals surface area contributed by atoms with Crippen molar-refractivity contribution in [3.63, 3.8) is 0 Å².